The van der Waals surface area contributed by atoms with E-state index in [2.05, 4.69) is 25.7 Å². The second-order valence-corrected chi connectivity index (χ2v) is 6.36. The van der Waals surface area contributed by atoms with Crippen LogP contribution in [0.1, 0.15) is 12.5 Å². The molecule has 3 rings (SSSR count). The Morgan fingerprint density at radius 2 is 2.04 bits per heavy atom. The molecule has 0 aliphatic heterocycles. The lowest BCUT2D eigenvalue weighted by Crippen LogP contribution is -2.06. The standard InChI is InChI=1S/C19H19N5O3S/c1-2-26-17(25)13-28-19-21-18(23-24-19)22-20-12-14-7-6-10-16(11-14)27-15-8-4-3-5-9-15/h3-12H,2,13H2,1H3,(H2,21,22,23,24)/b20-12-. The van der Waals surface area contributed by atoms with Crippen LogP contribution in [-0.2, 0) is 9.53 Å². The zero-order valence-electron chi connectivity index (χ0n) is 15.2. The van der Waals surface area contributed by atoms with Crippen LogP contribution in [0.15, 0.2) is 64.9 Å². The SMILES string of the molecule is CCOC(=O)CSc1n[nH]c(N/N=C\c2cccc(Oc3ccccc3)c2)n1. The summed E-state index contributed by atoms with van der Waals surface area (Å²) in [6.45, 7) is 2.12. The van der Waals surface area contributed by atoms with E-state index < -0.39 is 0 Å². The lowest BCUT2D eigenvalue weighted by Gasteiger charge is -2.05. The van der Waals surface area contributed by atoms with Crippen molar-refractivity contribution in [3.63, 3.8) is 0 Å². The minimum Gasteiger partial charge on any atom is -0.465 e. The number of para-hydroxylation sites is 1. The summed E-state index contributed by atoms with van der Waals surface area (Å²) in [4.78, 5) is 15.5. The van der Waals surface area contributed by atoms with Gasteiger partial charge in [-0.1, -0.05) is 42.1 Å². The number of H-pyrrole nitrogens is 1. The number of aromatic amines is 1. The van der Waals surface area contributed by atoms with Gasteiger partial charge in [0.1, 0.15) is 11.5 Å². The summed E-state index contributed by atoms with van der Waals surface area (Å²) in [5.74, 6) is 1.71. The molecule has 0 fully saturated rings. The van der Waals surface area contributed by atoms with E-state index in [0.29, 0.717) is 23.5 Å². The van der Waals surface area contributed by atoms with E-state index in [1.165, 1.54) is 11.8 Å². The van der Waals surface area contributed by atoms with Gasteiger partial charge in [-0.25, -0.2) is 10.5 Å². The molecule has 0 spiro atoms. The summed E-state index contributed by atoms with van der Waals surface area (Å²) < 4.78 is 10.7. The molecule has 28 heavy (non-hydrogen) atoms. The van der Waals surface area contributed by atoms with Crippen LogP contribution in [0.4, 0.5) is 5.95 Å². The summed E-state index contributed by atoms with van der Waals surface area (Å²) in [7, 11) is 0. The Morgan fingerprint density at radius 3 is 2.86 bits per heavy atom. The topological polar surface area (TPSA) is 101 Å². The fourth-order valence-corrected chi connectivity index (χ4v) is 2.73. The molecule has 0 atom stereocenters. The van der Waals surface area contributed by atoms with Gasteiger partial charge in [-0.15, -0.1) is 5.10 Å². The largest absolute Gasteiger partial charge is 0.465 e. The third-order valence-corrected chi connectivity index (χ3v) is 4.13. The van der Waals surface area contributed by atoms with Gasteiger partial charge in [-0.3, -0.25) is 4.79 Å². The number of carbonyl (C=O) groups is 1. The number of thioether (sulfide) groups is 1. The van der Waals surface area contributed by atoms with E-state index in [1.807, 2.05) is 54.6 Å². The predicted octanol–water partition coefficient (Wildman–Crippen LogP) is 3.70. The molecular weight excluding hydrogens is 378 g/mol. The van der Waals surface area contributed by atoms with E-state index in [1.54, 1.807) is 13.1 Å². The molecule has 0 saturated heterocycles. The molecule has 0 bridgehead atoms. The van der Waals surface area contributed by atoms with Crippen LogP contribution in [0.5, 0.6) is 11.5 Å². The van der Waals surface area contributed by atoms with Gasteiger partial charge in [0.25, 0.3) is 0 Å². The predicted molar refractivity (Wildman–Crippen MR) is 108 cm³/mol. The van der Waals surface area contributed by atoms with Crippen LogP contribution in [0.3, 0.4) is 0 Å². The number of carbonyl (C=O) groups excluding carboxylic acids is 1. The zero-order chi connectivity index (χ0) is 19.6. The highest BCUT2D eigenvalue weighted by Crippen LogP contribution is 2.21. The Kier molecular flexibility index (Phi) is 7.02. The third-order valence-electron chi connectivity index (χ3n) is 3.31. The van der Waals surface area contributed by atoms with Crippen molar-refractivity contribution in [3.8, 4) is 11.5 Å². The number of ether oxygens (including phenoxy) is 2. The molecule has 0 radical (unpaired) electrons. The highest BCUT2D eigenvalue weighted by molar-refractivity contribution is 7.99. The number of hydrogen-bond acceptors (Lipinski definition) is 8. The van der Waals surface area contributed by atoms with Crippen molar-refractivity contribution in [3.05, 3.63) is 60.2 Å². The zero-order valence-corrected chi connectivity index (χ0v) is 16.0. The fourth-order valence-electron chi connectivity index (χ4n) is 2.14. The van der Waals surface area contributed by atoms with Crippen LogP contribution in [0.2, 0.25) is 0 Å². The van der Waals surface area contributed by atoms with Gasteiger partial charge in [0.2, 0.25) is 11.1 Å². The molecule has 0 unspecified atom stereocenters. The van der Waals surface area contributed by atoms with E-state index in [9.17, 15) is 4.79 Å². The summed E-state index contributed by atoms with van der Waals surface area (Å²) >= 11 is 1.19. The molecule has 0 saturated carbocycles. The first-order chi connectivity index (χ1) is 13.7. The average Bonchev–Trinajstić information content (AvgIpc) is 3.16. The summed E-state index contributed by atoms with van der Waals surface area (Å²) in [6.07, 6.45) is 1.64. The monoisotopic (exact) mass is 397 g/mol. The summed E-state index contributed by atoms with van der Waals surface area (Å²) in [5.41, 5.74) is 3.62. The van der Waals surface area contributed by atoms with Crippen molar-refractivity contribution in [2.24, 2.45) is 5.10 Å². The molecule has 2 N–H and O–H groups in total. The maximum Gasteiger partial charge on any atom is 0.316 e. The van der Waals surface area contributed by atoms with E-state index in [4.69, 9.17) is 9.47 Å². The molecule has 3 aromatic rings. The second-order valence-electron chi connectivity index (χ2n) is 5.42. The number of hydrazone groups is 1. The van der Waals surface area contributed by atoms with Gasteiger partial charge in [0, 0.05) is 0 Å². The number of nitrogens with zero attached hydrogens (tertiary/aromatic N) is 3. The summed E-state index contributed by atoms with van der Waals surface area (Å²) in [5, 5.41) is 11.3. The smallest absolute Gasteiger partial charge is 0.316 e. The first-order valence-electron chi connectivity index (χ1n) is 8.56. The molecular formula is C19H19N5O3S. The highest BCUT2D eigenvalue weighted by atomic mass is 32.2. The lowest BCUT2D eigenvalue weighted by atomic mass is 10.2. The second kappa shape index (κ2) is 10.1. The molecule has 0 aliphatic rings. The van der Waals surface area contributed by atoms with Crippen LogP contribution in [0.25, 0.3) is 0 Å². The van der Waals surface area contributed by atoms with Crippen molar-refractivity contribution in [1.82, 2.24) is 15.2 Å². The van der Waals surface area contributed by atoms with Crippen molar-refractivity contribution >= 4 is 29.9 Å². The first-order valence-corrected chi connectivity index (χ1v) is 9.54. The van der Waals surface area contributed by atoms with E-state index in [0.717, 1.165) is 11.3 Å². The van der Waals surface area contributed by atoms with Crippen LogP contribution < -0.4 is 10.2 Å². The fraction of sp³-hybridized carbons (Fsp3) is 0.158. The number of rotatable bonds is 9. The van der Waals surface area contributed by atoms with Crippen molar-refractivity contribution in [2.75, 3.05) is 17.8 Å². The molecule has 8 nitrogen and oxygen atoms in total. The Morgan fingerprint density at radius 1 is 1.21 bits per heavy atom. The van der Waals surface area contributed by atoms with Crippen LogP contribution in [0, 0.1) is 0 Å². The molecule has 0 aliphatic carbocycles. The molecule has 144 valence electrons. The number of anilines is 1. The quantitative estimate of drug-likeness (QED) is 0.246. The Hall–Kier alpha value is -3.33. The minimum atomic E-state index is -0.303. The van der Waals surface area contributed by atoms with Crippen molar-refractivity contribution < 1.29 is 14.3 Å². The Bertz CT molecular complexity index is 930. The lowest BCUT2D eigenvalue weighted by molar-refractivity contribution is -0.139. The summed E-state index contributed by atoms with van der Waals surface area (Å²) in [6, 6.07) is 17.1. The van der Waals surface area contributed by atoms with E-state index >= 15 is 0 Å². The Balaban J connectivity index is 1.52. The van der Waals surface area contributed by atoms with Crippen molar-refractivity contribution in [2.45, 2.75) is 12.1 Å². The molecule has 1 aromatic heterocycles. The molecule has 1 heterocycles. The van der Waals surface area contributed by atoms with Gasteiger partial charge in [0.15, 0.2) is 0 Å². The van der Waals surface area contributed by atoms with Gasteiger partial charge < -0.3 is 9.47 Å². The molecule has 0 amide bonds. The average molecular weight is 397 g/mol. The third kappa shape index (κ3) is 6.13. The Labute approximate surface area is 166 Å². The maximum atomic E-state index is 11.3. The number of nitrogens with one attached hydrogen (secondary N) is 2. The van der Waals surface area contributed by atoms with E-state index in [-0.39, 0.29) is 11.7 Å². The number of benzene rings is 2. The van der Waals surface area contributed by atoms with Gasteiger partial charge in [0.05, 0.1) is 18.6 Å². The number of aromatic nitrogens is 3. The maximum absolute atomic E-state index is 11.3. The van der Waals surface area contributed by atoms with Gasteiger partial charge in [-0.2, -0.15) is 10.1 Å². The normalized spacial score (nSPS) is 10.8. The van der Waals surface area contributed by atoms with Gasteiger partial charge in [-0.05, 0) is 36.8 Å². The molecule has 9 heteroatoms. The van der Waals surface area contributed by atoms with Crippen LogP contribution in [-0.4, -0.2) is 39.7 Å². The van der Waals surface area contributed by atoms with Gasteiger partial charge >= 0.3 is 5.97 Å². The highest BCUT2D eigenvalue weighted by Gasteiger charge is 2.07. The minimum absolute atomic E-state index is 0.155. The number of esters is 1. The van der Waals surface area contributed by atoms with Crippen molar-refractivity contribution in [1.29, 1.82) is 0 Å². The van der Waals surface area contributed by atoms with Crippen LogP contribution >= 0.6 is 11.8 Å². The first kappa shape index (κ1) is 19.4. The molecule has 2 aromatic carbocycles. The number of hydrogen-bond donors (Lipinski definition) is 2.